The van der Waals surface area contributed by atoms with Crippen molar-refractivity contribution in [1.82, 2.24) is 5.32 Å². The summed E-state index contributed by atoms with van der Waals surface area (Å²) in [6.45, 7) is 0. The van der Waals surface area contributed by atoms with E-state index in [1.54, 1.807) is 0 Å². The van der Waals surface area contributed by atoms with Crippen LogP contribution in [0.25, 0.3) is 32.7 Å². The topological polar surface area (TPSA) is 40.0 Å². The molecule has 4 heteroatoms. The molecule has 0 saturated carbocycles. The molecule has 272 valence electrons. The van der Waals surface area contributed by atoms with Gasteiger partial charge in [0.15, 0.2) is 6.17 Å². The Morgan fingerprint density at radius 3 is 1.66 bits per heavy atom. The lowest BCUT2D eigenvalue weighted by Gasteiger charge is -2.45. The van der Waals surface area contributed by atoms with Crippen LogP contribution in [0.1, 0.15) is 45.1 Å². The summed E-state index contributed by atoms with van der Waals surface area (Å²) in [6, 6.07) is 74.5. The maximum absolute atomic E-state index is 5.63. The van der Waals surface area contributed by atoms with E-state index in [4.69, 9.17) is 9.98 Å². The molecule has 3 aliphatic rings. The third kappa shape index (κ3) is 4.63. The highest BCUT2D eigenvalue weighted by atomic mass is 15.2. The van der Waals surface area contributed by atoms with Gasteiger partial charge in [-0.1, -0.05) is 182 Å². The molecule has 0 radical (unpaired) electrons. The number of nitrogens with zero attached hydrogens (tertiary/aromatic N) is 3. The molecule has 2 aliphatic heterocycles. The number of nitrogens with one attached hydrogen (secondary N) is 1. The third-order valence-electron chi connectivity index (χ3n) is 12.3. The fourth-order valence-corrected chi connectivity index (χ4v) is 9.99. The number of para-hydroxylation sites is 3. The van der Waals surface area contributed by atoms with Crippen molar-refractivity contribution < 1.29 is 0 Å². The van der Waals surface area contributed by atoms with Crippen LogP contribution < -0.4 is 10.2 Å². The average molecular weight is 741 g/mol. The summed E-state index contributed by atoms with van der Waals surface area (Å²) >= 11 is 0. The second-order valence-electron chi connectivity index (χ2n) is 15.3. The van der Waals surface area contributed by atoms with Gasteiger partial charge in [-0.2, -0.15) is 0 Å². The first-order chi connectivity index (χ1) is 28.8. The predicted molar refractivity (Wildman–Crippen MR) is 239 cm³/mol. The molecular formula is C54H36N4. The second-order valence-corrected chi connectivity index (χ2v) is 15.3. The number of aliphatic imine (C=N–C) groups is 2. The van der Waals surface area contributed by atoms with Gasteiger partial charge in [0.1, 0.15) is 11.7 Å². The van der Waals surface area contributed by atoms with Gasteiger partial charge in [-0.15, -0.1) is 0 Å². The van der Waals surface area contributed by atoms with Crippen LogP contribution in [0.15, 0.2) is 216 Å². The van der Waals surface area contributed by atoms with Crippen molar-refractivity contribution in [3.05, 3.63) is 245 Å². The quantitative estimate of drug-likeness (QED) is 0.195. The molecule has 2 heterocycles. The maximum Gasteiger partial charge on any atom is 0.170 e. The summed E-state index contributed by atoms with van der Waals surface area (Å²) in [6.07, 6.45) is -0.480. The molecule has 1 spiro atoms. The fraction of sp³-hybridized carbons (Fsp3) is 0.0370. The molecule has 4 nitrogen and oxygen atoms in total. The Morgan fingerprint density at radius 1 is 0.397 bits per heavy atom. The number of anilines is 3. The molecule has 9 aromatic carbocycles. The highest BCUT2D eigenvalue weighted by Gasteiger charge is 2.53. The largest absolute Gasteiger partial charge is 0.324 e. The van der Waals surface area contributed by atoms with Crippen molar-refractivity contribution >= 4 is 50.3 Å². The Kier molecular flexibility index (Phi) is 7.17. The SMILES string of the molecule is c1ccc(N2c3ccccc3C3(c4ccccc4-c4cccc(C5=NC(c6cccc7ccccc67)N=C(c6cccc7ccccc67)N5)c43)c3ccccc32)cc1. The van der Waals surface area contributed by atoms with Crippen LogP contribution in [0.4, 0.5) is 17.1 Å². The summed E-state index contributed by atoms with van der Waals surface area (Å²) in [7, 11) is 0. The van der Waals surface area contributed by atoms with Crippen molar-refractivity contribution in [2.75, 3.05) is 4.90 Å². The van der Waals surface area contributed by atoms with Gasteiger partial charge in [-0.3, -0.25) is 0 Å². The van der Waals surface area contributed by atoms with Crippen molar-refractivity contribution in [3.63, 3.8) is 0 Å². The molecule has 0 bridgehead atoms. The zero-order valence-corrected chi connectivity index (χ0v) is 31.5. The summed E-state index contributed by atoms with van der Waals surface area (Å²) in [5, 5.41) is 8.52. The van der Waals surface area contributed by atoms with Gasteiger partial charge in [-0.25, -0.2) is 9.98 Å². The molecule has 58 heavy (non-hydrogen) atoms. The number of amidine groups is 2. The van der Waals surface area contributed by atoms with E-state index in [1.165, 1.54) is 44.2 Å². The normalized spacial score (nSPS) is 15.9. The van der Waals surface area contributed by atoms with E-state index in [1.807, 2.05) is 0 Å². The van der Waals surface area contributed by atoms with E-state index in [0.29, 0.717) is 0 Å². The predicted octanol–water partition coefficient (Wildman–Crippen LogP) is 12.6. The molecule has 0 saturated heterocycles. The average Bonchev–Trinajstić information content (AvgIpc) is 3.60. The van der Waals surface area contributed by atoms with Crippen LogP contribution in [0, 0.1) is 0 Å². The lowest BCUT2D eigenvalue weighted by atomic mass is 9.63. The van der Waals surface area contributed by atoms with E-state index >= 15 is 0 Å². The minimum atomic E-state index is -0.645. The Morgan fingerprint density at radius 2 is 0.897 bits per heavy atom. The molecule has 1 unspecified atom stereocenters. The van der Waals surface area contributed by atoms with Gasteiger partial charge in [0, 0.05) is 22.4 Å². The minimum Gasteiger partial charge on any atom is -0.324 e. The molecule has 0 fully saturated rings. The van der Waals surface area contributed by atoms with Crippen LogP contribution in [-0.2, 0) is 5.41 Å². The van der Waals surface area contributed by atoms with Gasteiger partial charge in [0.05, 0.1) is 16.8 Å². The maximum atomic E-state index is 5.63. The van der Waals surface area contributed by atoms with Crippen molar-refractivity contribution in [1.29, 1.82) is 0 Å². The van der Waals surface area contributed by atoms with Crippen molar-refractivity contribution in [3.8, 4) is 11.1 Å². The standard InChI is InChI=1S/C54H36N4/c1-2-21-37(22-3-1)58-48-33-12-10-31-46(48)54(47-32-11-13-34-49(47)58)45-30-9-8-25-40(45)41-26-16-29-44(50(41)54)53-56-51(42-27-14-19-35-17-4-6-23-38(35)42)55-52(57-53)43-28-15-20-36-18-5-7-24-39(36)43/h1-34,51H,(H,55,56,57). The molecule has 1 atom stereocenters. The van der Waals surface area contributed by atoms with E-state index in [-0.39, 0.29) is 0 Å². The van der Waals surface area contributed by atoms with Crippen molar-refractivity contribution in [2.45, 2.75) is 11.6 Å². The fourth-order valence-electron chi connectivity index (χ4n) is 9.99. The zero-order valence-electron chi connectivity index (χ0n) is 31.5. The van der Waals surface area contributed by atoms with Crippen LogP contribution in [0.3, 0.4) is 0 Å². The lowest BCUT2D eigenvalue weighted by Crippen LogP contribution is -2.40. The smallest absolute Gasteiger partial charge is 0.170 e. The summed E-state index contributed by atoms with van der Waals surface area (Å²) in [5.41, 5.74) is 13.4. The van der Waals surface area contributed by atoms with E-state index in [9.17, 15) is 0 Å². The highest BCUT2D eigenvalue weighted by Crippen LogP contribution is 2.64. The van der Waals surface area contributed by atoms with Gasteiger partial charge in [0.25, 0.3) is 0 Å². The van der Waals surface area contributed by atoms with Crippen LogP contribution in [0.5, 0.6) is 0 Å². The van der Waals surface area contributed by atoms with E-state index in [0.717, 1.165) is 56.2 Å². The van der Waals surface area contributed by atoms with Gasteiger partial charge in [0.2, 0.25) is 0 Å². The lowest BCUT2D eigenvalue weighted by molar-refractivity contribution is 0.743. The van der Waals surface area contributed by atoms with Crippen molar-refractivity contribution in [2.24, 2.45) is 9.98 Å². The second kappa shape index (κ2) is 12.7. The first-order valence-electron chi connectivity index (χ1n) is 20.0. The van der Waals surface area contributed by atoms with Crippen LogP contribution >= 0.6 is 0 Å². The number of benzene rings is 9. The summed E-state index contributed by atoms with van der Waals surface area (Å²) < 4.78 is 0. The van der Waals surface area contributed by atoms with Crippen LogP contribution in [0.2, 0.25) is 0 Å². The van der Waals surface area contributed by atoms with Gasteiger partial charge < -0.3 is 10.2 Å². The molecule has 0 amide bonds. The molecule has 12 rings (SSSR count). The first-order valence-corrected chi connectivity index (χ1v) is 20.0. The Hall–Kier alpha value is -7.56. The third-order valence-corrected chi connectivity index (χ3v) is 12.3. The molecular weight excluding hydrogens is 705 g/mol. The monoisotopic (exact) mass is 740 g/mol. The number of fused-ring (bicyclic) bond motifs is 11. The number of hydrogen-bond donors (Lipinski definition) is 1. The Bertz CT molecular complexity index is 3120. The first kappa shape index (κ1) is 32.7. The summed E-state index contributed by atoms with van der Waals surface area (Å²) in [4.78, 5) is 13.5. The Balaban J connectivity index is 1.15. The van der Waals surface area contributed by atoms with E-state index < -0.39 is 11.6 Å². The van der Waals surface area contributed by atoms with Gasteiger partial charge >= 0.3 is 0 Å². The number of hydrogen-bond acceptors (Lipinski definition) is 4. The summed E-state index contributed by atoms with van der Waals surface area (Å²) in [5.74, 6) is 1.61. The Labute approximate surface area is 337 Å². The van der Waals surface area contributed by atoms with E-state index in [2.05, 4.69) is 216 Å². The highest BCUT2D eigenvalue weighted by molar-refractivity contribution is 6.21. The zero-order chi connectivity index (χ0) is 38.2. The number of rotatable bonds is 4. The minimum absolute atomic E-state index is 0.480. The molecule has 0 aromatic heterocycles. The van der Waals surface area contributed by atoms with Crippen LogP contribution in [-0.4, -0.2) is 11.7 Å². The molecule has 1 aliphatic carbocycles. The molecule has 1 N–H and O–H groups in total. The molecule has 9 aromatic rings. The van der Waals surface area contributed by atoms with Gasteiger partial charge in [-0.05, 0) is 79.2 Å².